The molecule has 696 valence electrons. The molecule has 15 rings (SSSR count). The third-order valence-electron chi connectivity index (χ3n) is 22.9. The molecular weight excluding hydrogens is 1710 g/mol. The zero-order valence-electron chi connectivity index (χ0n) is 73.9. The average molecular weight is 1830 g/mol. The number of rotatable bonds is 31. The van der Waals surface area contributed by atoms with E-state index >= 15 is 0 Å². The summed E-state index contributed by atoms with van der Waals surface area (Å²) < 4.78 is 82.3. The number of aromatic nitrogens is 7. The number of nitrogens with one attached hydrogen (secondary N) is 6. The first-order valence-corrected chi connectivity index (χ1v) is 44.7. The van der Waals surface area contributed by atoms with Crippen molar-refractivity contribution in [3.63, 3.8) is 0 Å². The number of carbonyl (C=O) groups excluding carboxylic acids is 1. The maximum absolute atomic E-state index is 14.6. The minimum absolute atomic E-state index is 0.0896. The van der Waals surface area contributed by atoms with Gasteiger partial charge >= 0.3 is 30.1 Å². The van der Waals surface area contributed by atoms with Crippen LogP contribution >= 0.6 is 11.8 Å². The second-order valence-corrected chi connectivity index (χ2v) is 33.8. The monoisotopic (exact) mass is 1830 g/mol. The van der Waals surface area contributed by atoms with Crippen LogP contribution in [0.4, 0.5) is 33.3 Å². The number of alkyl halides is 3. The third kappa shape index (κ3) is 29.1. The van der Waals surface area contributed by atoms with Gasteiger partial charge in [0.25, 0.3) is 0 Å². The van der Waals surface area contributed by atoms with E-state index in [0.29, 0.717) is 67.9 Å². The smallest absolute Gasteiger partial charge is 0.416 e. The number of aromatic amines is 1. The summed E-state index contributed by atoms with van der Waals surface area (Å²) in [4.78, 5) is 80.9. The number of amides is 1. The Labute approximate surface area is 760 Å². The Morgan fingerprint density at radius 1 is 0.802 bits per heavy atom. The molecule has 3 fully saturated rings. The number of ether oxygens (including phenoxy) is 2. The standard InChI is InChI=1S/C22H22F3N.C20H21FN2O.C20H27N5O2.C17H18FN3O3.C10H16N6S.C6H8O7/c1-16(20-13-5-10-18-9-2-3-12-21(18)20)26-14-6-8-17-7-4-11-19(15-17)22(23,24)25;1-23(2)11-3-10-20(17-5-7-18(21)8-6-17)19-9-4-15(13-22)12-16(19)14-24-20;26-20-12-9-15-14-17(10-11-18(15)21-20)27-13-5-4-8-19-22-23-24-25(19)16-6-2-1-3-7-16;18-13-7-11-14(8-15(13)20-5-3-19-4-6-20)21(10-1-2-10)9-12(16(11)22)17(23)24;1-8-9(16-7-15-8)5-17-4-3-13-10(12-2)14-6-11;7-3(8)1-6(13,5(11)12)2-4(9)10/h2-5,7,9-13,15-16,26H,6,8,14H2,1H3;4-9,12H,3,10-11,14H2,1-2H3;10-11,14,16H,1-9,12-13H2,(H,21,26);7-10,19H,1-6H2,(H,23,24);7H,3-5H2,1-2H3,(H,15,16)(H2,12,13,14);13H,1-2H2,(H,7,8)(H,9,10)(H,11,12)/t16-;;;;;/m1...../s1. The first-order chi connectivity index (χ1) is 62.9. The van der Waals surface area contributed by atoms with Crippen molar-refractivity contribution in [2.75, 3.05) is 89.5 Å². The number of aryl methyl sites for hydroxylation is 4. The molecule has 1 unspecified atom stereocenters. The van der Waals surface area contributed by atoms with Crippen LogP contribution in [0.25, 0.3) is 21.7 Å². The van der Waals surface area contributed by atoms with Crippen LogP contribution in [0.15, 0.2) is 162 Å². The number of anilines is 2. The van der Waals surface area contributed by atoms with Gasteiger partial charge in [-0.2, -0.15) is 35.5 Å². The first kappa shape index (κ1) is 100. The highest BCUT2D eigenvalue weighted by Crippen LogP contribution is 2.46. The number of pyridine rings is 1. The van der Waals surface area contributed by atoms with Gasteiger partial charge in [-0.25, -0.2) is 28.0 Å². The molecule has 2 atom stereocenters. The number of aromatic carboxylic acids is 1. The number of imidazole rings is 1. The maximum Gasteiger partial charge on any atom is 0.416 e. The van der Waals surface area contributed by atoms with Crippen LogP contribution in [0.1, 0.15) is 193 Å². The highest BCUT2D eigenvalue weighted by atomic mass is 32.2. The van der Waals surface area contributed by atoms with Crippen molar-refractivity contribution < 1.29 is 80.9 Å². The fourth-order valence-electron chi connectivity index (χ4n) is 15.9. The summed E-state index contributed by atoms with van der Waals surface area (Å²) in [6.45, 7) is 10.7. The summed E-state index contributed by atoms with van der Waals surface area (Å²) in [6, 6.07) is 44.2. The summed E-state index contributed by atoms with van der Waals surface area (Å²) >= 11 is 1.79. The average Bonchev–Trinajstić information content (AvgIpc) is 1.58. The van der Waals surface area contributed by atoms with Gasteiger partial charge in [-0.3, -0.25) is 29.5 Å². The van der Waals surface area contributed by atoms with E-state index in [9.17, 15) is 55.8 Å². The minimum Gasteiger partial charge on any atom is -0.494 e. The van der Waals surface area contributed by atoms with Gasteiger partial charge in [-0.1, -0.05) is 98.1 Å². The number of aliphatic carboxylic acids is 3. The molecule has 3 aliphatic heterocycles. The molecule has 0 spiro atoms. The summed E-state index contributed by atoms with van der Waals surface area (Å²) in [6.07, 6.45) is 13.9. The van der Waals surface area contributed by atoms with Gasteiger partial charge in [0.2, 0.25) is 17.3 Å². The van der Waals surface area contributed by atoms with Gasteiger partial charge in [-0.15, -0.1) is 5.10 Å². The van der Waals surface area contributed by atoms with E-state index in [2.05, 4.69) is 110 Å². The number of carboxylic acids is 4. The largest absolute Gasteiger partial charge is 0.494 e. The van der Waals surface area contributed by atoms with E-state index in [4.69, 9.17) is 40.4 Å². The van der Waals surface area contributed by atoms with Crippen LogP contribution < -0.4 is 41.6 Å². The fraction of sp³-hybridized carbons (Fsp3) is 0.421. The summed E-state index contributed by atoms with van der Waals surface area (Å²) in [5.41, 5.74) is 6.25. The van der Waals surface area contributed by atoms with Crippen LogP contribution in [0, 0.1) is 41.3 Å². The second-order valence-electron chi connectivity index (χ2n) is 32.7. The van der Waals surface area contributed by atoms with E-state index in [1.165, 1.54) is 85.0 Å². The Hall–Kier alpha value is -12.7. The number of unbranched alkanes of at least 4 members (excludes halogenated alkanes) is 1. The fourth-order valence-corrected chi connectivity index (χ4v) is 16.8. The zero-order valence-corrected chi connectivity index (χ0v) is 74.7. The van der Waals surface area contributed by atoms with Crippen LogP contribution in [0.2, 0.25) is 0 Å². The van der Waals surface area contributed by atoms with Crippen molar-refractivity contribution in [3.05, 3.63) is 241 Å². The van der Waals surface area contributed by atoms with E-state index in [-0.39, 0.29) is 34.8 Å². The lowest BCUT2D eigenvalue weighted by atomic mass is 9.81. The molecule has 0 radical (unpaired) electrons. The predicted octanol–water partition coefficient (Wildman–Crippen LogP) is 14.4. The van der Waals surface area contributed by atoms with E-state index in [1.54, 1.807) is 49.4 Å². The number of H-pyrrole nitrogens is 1. The Morgan fingerprint density at radius 3 is 2.21 bits per heavy atom. The van der Waals surface area contributed by atoms with Gasteiger partial charge in [0.1, 0.15) is 28.5 Å². The number of nitrogens with zero attached hydrogens (tertiary/aromatic N) is 11. The second kappa shape index (κ2) is 48.8. The maximum atomic E-state index is 14.6. The molecule has 0 bridgehead atoms. The third-order valence-corrected chi connectivity index (χ3v) is 23.8. The number of nitriles is 2. The minimum atomic E-state index is -4.28. The van der Waals surface area contributed by atoms with Crippen LogP contribution in [0.5, 0.6) is 5.75 Å². The SMILES string of the molecule is CN(C)CCCC1(c2ccc(F)cc2)OCc2cc(C#N)ccc21.CN=C(NC#N)NCCSCc1nc[nH]c1C.C[C@@H](NCCCc1cccc(C(F)(F)F)c1)c1cccc2ccccc12.O=C(O)CC(O)(CC(=O)O)C(=O)O.O=C(O)c1cn(C2CC2)c2cc(N3CCNCC3)c(F)cc2c1=O.O=C1CCc2cc(OCCCCc3nnnn3C3CCCCC3)ccc2N1. The number of piperazine rings is 1. The van der Waals surface area contributed by atoms with Crippen molar-refractivity contribution >= 4 is 80.6 Å². The number of aliphatic hydroxyl groups is 1. The summed E-state index contributed by atoms with van der Waals surface area (Å²) in [7, 11) is 5.73. The van der Waals surface area contributed by atoms with Crippen molar-refractivity contribution in [2.45, 2.75) is 177 Å². The predicted molar refractivity (Wildman–Crippen MR) is 488 cm³/mol. The molecule has 6 heterocycles. The van der Waals surface area contributed by atoms with Crippen LogP contribution in [0.3, 0.4) is 0 Å². The Kier molecular flexibility index (Phi) is 37.4. The van der Waals surface area contributed by atoms with E-state index < -0.39 is 70.9 Å². The molecule has 3 aromatic heterocycles. The number of hydrogen-bond acceptors (Lipinski definition) is 21. The molecule has 5 aliphatic rings. The number of aliphatic imine (C=N–C) groups is 1. The Balaban J connectivity index is 0.000000166. The number of tetrazole rings is 1. The molecule has 11 N–H and O–H groups in total. The molecule has 10 aromatic rings. The highest BCUT2D eigenvalue weighted by molar-refractivity contribution is 7.98. The number of halogens is 5. The van der Waals surface area contributed by atoms with E-state index in [0.717, 1.165) is 165 Å². The number of guanidine groups is 1. The Morgan fingerprint density at radius 2 is 1.53 bits per heavy atom. The number of fused-ring (bicyclic) bond motifs is 4. The van der Waals surface area contributed by atoms with Gasteiger partial charge in [-0.05, 0) is 227 Å². The molecule has 131 heavy (non-hydrogen) atoms. The molecular formula is C95H112F5N17O13S. The highest BCUT2D eigenvalue weighted by Gasteiger charge is 2.43. The molecule has 36 heteroatoms. The topological polar surface area (TPSA) is 426 Å². The lowest BCUT2D eigenvalue weighted by Gasteiger charge is -2.31. The normalized spacial score (nSPS) is 15.5. The quantitative estimate of drug-likeness (QED) is 0.00480. The van der Waals surface area contributed by atoms with Crippen LogP contribution in [-0.4, -0.2) is 186 Å². The van der Waals surface area contributed by atoms with Gasteiger partial charge in [0.05, 0.1) is 72.5 Å². The lowest BCUT2D eigenvalue weighted by Crippen LogP contribution is -2.43. The molecule has 2 saturated carbocycles. The number of carbonyl (C=O) groups is 5. The molecule has 7 aromatic carbocycles. The van der Waals surface area contributed by atoms with E-state index in [1.807, 2.05) is 85.2 Å². The Bertz CT molecular complexity index is 5690. The first-order valence-electron chi connectivity index (χ1n) is 43.6. The molecule has 2 aliphatic carbocycles. The van der Waals surface area contributed by atoms with Gasteiger partial charge in [0, 0.05) is 99.2 Å². The molecule has 30 nitrogen and oxygen atoms in total. The van der Waals surface area contributed by atoms with Crippen LogP contribution in [-0.2, 0) is 67.3 Å². The number of thioether (sulfide) groups is 1. The molecule has 1 saturated heterocycles. The summed E-state index contributed by atoms with van der Waals surface area (Å²) in [5.74, 6) is -2.73. The lowest BCUT2D eigenvalue weighted by molar-refractivity contribution is -0.170. The van der Waals surface area contributed by atoms with Gasteiger partial charge < -0.3 is 75.6 Å². The van der Waals surface area contributed by atoms with Crippen molar-refractivity contribution in [1.29, 1.82) is 10.5 Å². The van der Waals surface area contributed by atoms with Crippen molar-refractivity contribution in [2.24, 2.45) is 4.99 Å². The van der Waals surface area contributed by atoms with Crippen molar-refractivity contribution in [3.8, 4) is 18.0 Å². The van der Waals surface area contributed by atoms with Gasteiger partial charge in [0.15, 0.2) is 17.6 Å². The summed E-state index contributed by atoms with van der Waals surface area (Å²) in [5, 5.41) is 90.6. The number of benzene rings is 7. The number of hydrogen-bond donors (Lipinski definition) is 11. The molecule has 1 amide bonds. The number of carboxylic acid groups (broad SMARTS) is 4. The zero-order chi connectivity index (χ0) is 94.2. The van der Waals surface area contributed by atoms with Crippen molar-refractivity contribution in [1.82, 2.24) is 60.9 Å².